The molecule has 0 unspecified atom stereocenters. The highest BCUT2D eigenvalue weighted by atomic mass is 35.5. The summed E-state index contributed by atoms with van der Waals surface area (Å²) in [5.74, 6) is -0.264. The number of benzene rings is 1. The summed E-state index contributed by atoms with van der Waals surface area (Å²) in [7, 11) is -3.68. The van der Waals surface area contributed by atoms with Gasteiger partial charge < -0.3 is 9.15 Å². The van der Waals surface area contributed by atoms with Crippen LogP contribution in [-0.4, -0.2) is 54.1 Å². The van der Waals surface area contributed by atoms with E-state index in [0.717, 1.165) is 0 Å². The highest BCUT2D eigenvalue weighted by molar-refractivity contribution is 7.89. The van der Waals surface area contributed by atoms with E-state index in [-0.39, 0.29) is 47.7 Å². The number of ether oxygens (including phenoxy) is 1. The molecule has 3 aromatic rings. The Kier molecular flexibility index (Phi) is 6.13. The summed E-state index contributed by atoms with van der Waals surface area (Å²) in [6.45, 7) is 4.23. The van der Waals surface area contributed by atoms with Gasteiger partial charge in [0.05, 0.1) is 26.3 Å². The lowest BCUT2D eigenvalue weighted by Gasteiger charge is -2.34. The number of rotatable bonds is 5. The summed E-state index contributed by atoms with van der Waals surface area (Å²) < 4.78 is 38.9. The van der Waals surface area contributed by atoms with E-state index in [1.54, 1.807) is 12.1 Å². The van der Waals surface area contributed by atoms with Crippen molar-refractivity contribution in [1.29, 1.82) is 0 Å². The minimum atomic E-state index is -3.68. The van der Waals surface area contributed by atoms with Crippen LogP contribution in [0.15, 0.2) is 45.7 Å². The number of anilines is 1. The third kappa shape index (κ3) is 4.80. The van der Waals surface area contributed by atoms with E-state index in [1.165, 1.54) is 39.9 Å². The molecule has 1 aromatic carbocycles. The standard InChI is InChI=1S/C19H19ClN4O5S2/c1-11-9-24(10-12(2)28-11)31(26,27)14-5-3-13(4-6-14)17(25)21-19-23-22-18(29-19)15-7-8-16(20)30-15/h3-8,11-12H,9-10H2,1-2H3,(H,21,23,25)/t11-,12+. The predicted octanol–water partition coefficient (Wildman–Crippen LogP) is 3.50. The van der Waals surface area contributed by atoms with Crippen molar-refractivity contribution < 1.29 is 22.4 Å². The Morgan fingerprint density at radius 1 is 1.13 bits per heavy atom. The smallest absolute Gasteiger partial charge is 0.322 e. The number of halogens is 1. The molecule has 2 aromatic heterocycles. The van der Waals surface area contributed by atoms with Crippen LogP contribution in [0.5, 0.6) is 0 Å². The number of carbonyl (C=O) groups excluding carboxylic acids is 1. The summed E-state index contributed by atoms with van der Waals surface area (Å²) in [6.07, 6.45) is -0.374. The molecule has 1 amide bonds. The summed E-state index contributed by atoms with van der Waals surface area (Å²) in [6, 6.07) is 9.05. The molecule has 31 heavy (non-hydrogen) atoms. The van der Waals surface area contributed by atoms with Gasteiger partial charge in [0.25, 0.3) is 11.8 Å². The van der Waals surface area contributed by atoms with Crippen molar-refractivity contribution >= 4 is 44.9 Å². The molecule has 0 radical (unpaired) electrons. The second-order valence-corrected chi connectivity index (χ2v) is 10.7. The van der Waals surface area contributed by atoms with Crippen molar-refractivity contribution in [3.05, 3.63) is 46.3 Å². The number of sulfonamides is 1. The minimum Gasteiger partial charge on any atom is -0.402 e. The number of nitrogens with one attached hydrogen (secondary N) is 1. The first kappa shape index (κ1) is 21.9. The normalized spacial score (nSPS) is 20.0. The van der Waals surface area contributed by atoms with Crippen molar-refractivity contribution in [1.82, 2.24) is 14.5 Å². The molecular weight excluding hydrogens is 464 g/mol. The molecule has 0 bridgehead atoms. The second kappa shape index (κ2) is 8.67. The lowest BCUT2D eigenvalue weighted by atomic mass is 10.2. The molecule has 1 fully saturated rings. The van der Waals surface area contributed by atoms with Gasteiger partial charge in [-0.05, 0) is 50.2 Å². The average molecular weight is 483 g/mol. The summed E-state index contributed by atoms with van der Waals surface area (Å²) in [5, 5.41) is 10.2. The van der Waals surface area contributed by atoms with Gasteiger partial charge in [-0.1, -0.05) is 16.7 Å². The molecule has 1 saturated heterocycles. The molecule has 3 heterocycles. The molecule has 0 spiro atoms. The van der Waals surface area contributed by atoms with E-state index in [1.807, 2.05) is 13.8 Å². The van der Waals surface area contributed by atoms with E-state index in [9.17, 15) is 13.2 Å². The lowest BCUT2D eigenvalue weighted by Crippen LogP contribution is -2.48. The Morgan fingerprint density at radius 3 is 2.42 bits per heavy atom. The van der Waals surface area contributed by atoms with Crippen LogP contribution in [0.4, 0.5) is 6.01 Å². The highest BCUT2D eigenvalue weighted by Gasteiger charge is 2.32. The van der Waals surface area contributed by atoms with Gasteiger partial charge in [0, 0.05) is 18.7 Å². The van der Waals surface area contributed by atoms with Gasteiger partial charge >= 0.3 is 6.01 Å². The first-order chi connectivity index (χ1) is 14.7. The SMILES string of the molecule is C[C@@H]1CN(S(=O)(=O)c2ccc(C(=O)Nc3nnc(-c4ccc(Cl)s4)o3)cc2)C[C@H](C)O1. The molecule has 1 N–H and O–H groups in total. The zero-order valence-electron chi connectivity index (χ0n) is 16.6. The lowest BCUT2D eigenvalue weighted by molar-refractivity contribution is -0.0440. The van der Waals surface area contributed by atoms with Gasteiger partial charge in [0.1, 0.15) is 0 Å². The van der Waals surface area contributed by atoms with Crippen LogP contribution in [0.3, 0.4) is 0 Å². The topological polar surface area (TPSA) is 115 Å². The Hall–Kier alpha value is -2.31. The van der Waals surface area contributed by atoms with Crippen LogP contribution < -0.4 is 5.32 Å². The molecule has 1 aliphatic heterocycles. The molecule has 4 rings (SSSR count). The minimum absolute atomic E-state index is 0.0717. The average Bonchev–Trinajstić information content (AvgIpc) is 3.36. The predicted molar refractivity (Wildman–Crippen MR) is 116 cm³/mol. The van der Waals surface area contributed by atoms with Crippen molar-refractivity contribution in [2.75, 3.05) is 18.4 Å². The largest absolute Gasteiger partial charge is 0.402 e. The molecule has 164 valence electrons. The van der Waals surface area contributed by atoms with Gasteiger partial charge in [0.2, 0.25) is 10.0 Å². The van der Waals surface area contributed by atoms with Gasteiger partial charge in [-0.25, -0.2) is 8.42 Å². The third-order valence-electron chi connectivity index (χ3n) is 4.57. The molecule has 0 aliphatic carbocycles. The van der Waals surface area contributed by atoms with Gasteiger partial charge in [-0.2, -0.15) is 4.31 Å². The summed E-state index contributed by atoms with van der Waals surface area (Å²) in [4.78, 5) is 13.3. The number of aromatic nitrogens is 2. The quantitative estimate of drug-likeness (QED) is 0.591. The van der Waals surface area contributed by atoms with Crippen LogP contribution in [0.1, 0.15) is 24.2 Å². The first-order valence-electron chi connectivity index (χ1n) is 9.38. The fourth-order valence-corrected chi connectivity index (χ4v) is 5.78. The Bertz CT molecular complexity index is 1180. The second-order valence-electron chi connectivity index (χ2n) is 7.07. The molecular formula is C19H19ClN4O5S2. The van der Waals surface area contributed by atoms with Crippen LogP contribution in [0, 0.1) is 0 Å². The van der Waals surface area contributed by atoms with E-state index in [2.05, 4.69) is 15.5 Å². The molecule has 2 atom stereocenters. The number of morpholine rings is 1. The maximum atomic E-state index is 12.9. The number of hydrogen-bond acceptors (Lipinski definition) is 8. The van der Waals surface area contributed by atoms with Crippen molar-refractivity contribution in [3.63, 3.8) is 0 Å². The van der Waals surface area contributed by atoms with Crippen molar-refractivity contribution in [3.8, 4) is 10.8 Å². The number of nitrogens with zero attached hydrogens (tertiary/aromatic N) is 3. The number of amides is 1. The molecule has 0 saturated carbocycles. The van der Waals surface area contributed by atoms with E-state index >= 15 is 0 Å². The molecule has 1 aliphatic rings. The van der Waals surface area contributed by atoms with E-state index in [0.29, 0.717) is 9.21 Å². The summed E-state index contributed by atoms with van der Waals surface area (Å²) in [5.41, 5.74) is 0.251. The van der Waals surface area contributed by atoms with Gasteiger partial charge in [-0.15, -0.1) is 16.4 Å². The maximum Gasteiger partial charge on any atom is 0.322 e. The van der Waals surface area contributed by atoms with Crippen LogP contribution in [0.2, 0.25) is 4.34 Å². The van der Waals surface area contributed by atoms with Gasteiger partial charge in [-0.3, -0.25) is 10.1 Å². The Morgan fingerprint density at radius 2 is 1.81 bits per heavy atom. The zero-order chi connectivity index (χ0) is 22.2. The molecule has 9 nitrogen and oxygen atoms in total. The van der Waals surface area contributed by atoms with Crippen molar-refractivity contribution in [2.24, 2.45) is 0 Å². The van der Waals surface area contributed by atoms with Crippen LogP contribution >= 0.6 is 22.9 Å². The highest BCUT2D eigenvalue weighted by Crippen LogP contribution is 2.30. The zero-order valence-corrected chi connectivity index (χ0v) is 19.0. The van der Waals surface area contributed by atoms with Crippen LogP contribution in [0.25, 0.3) is 10.8 Å². The number of hydrogen-bond donors (Lipinski definition) is 1. The number of carbonyl (C=O) groups is 1. The number of thiophene rings is 1. The first-order valence-corrected chi connectivity index (χ1v) is 12.0. The monoisotopic (exact) mass is 482 g/mol. The maximum absolute atomic E-state index is 12.9. The Balaban J connectivity index is 1.45. The Labute approximate surface area is 188 Å². The van der Waals surface area contributed by atoms with E-state index < -0.39 is 15.9 Å². The van der Waals surface area contributed by atoms with Gasteiger partial charge in [0.15, 0.2) is 0 Å². The third-order valence-corrected chi connectivity index (χ3v) is 7.63. The fourth-order valence-electron chi connectivity index (χ4n) is 3.23. The van der Waals surface area contributed by atoms with E-state index in [4.69, 9.17) is 20.8 Å². The molecule has 12 heteroatoms. The fraction of sp³-hybridized carbons (Fsp3) is 0.316. The van der Waals surface area contributed by atoms with Crippen molar-refractivity contribution in [2.45, 2.75) is 31.0 Å². The van der Waals surface area contributed by atoms with Crippen LogP contribution in [-0.2, 0) is 14.8 Å². The summed E-state index contributed by atoms with van der Waals surface area (Å²) >= 11 is 7.17.